The van der Waals surface area contributed by atoms with Crippen molar-refractivity contribution in [3.8, 4) is 18.2 Å². The number of amides is 1. The Morgan fingerprint density at radius 1 is 1.23 bits per heavy atom. The van der Waals surface area contributed by atoms with E-state index in [-0.39, 0.29) is 42.4 Å². The summed E-state index contributed by atoms with van der Waals surface area (Å²) in [6.45, 7) is 1.61. The molecule has 6 nitrogen and oxygen atoms in total. The third kappa shape index (κ3) is 5.94. The summed E-state index contributed by atoms with van der Waals surface area (Å²) >= 11 is 0.729. The van der Waals surface area contributed by atoms with Crippen LogP contribution in [0.3, 0.4) is 0 Å². The molecule has 1 aromatic heterocycles. The Labute approximate surface area is 152 Å². The van der Waals surface area contributed by atoms with Crippen LogP contribution in [0.15, 0.2) is 11.1 Å². The summed E-state index contributed by atoms with van der Waals surface area (Å²) in [5.41, 5.74) is -1.63. The number of hydrogen-bond donors (Lipinski definition) is 0. The first kappa shape index (κ1) is 21.3. The zero-order valence-electron chi connectivity index (χ0n) is 13.8. The molecule has 0 spiro atoms. The number of halogens is 3. The van der Waals surface area contributed by atoms with Crippen LogP contribution in [0.4, 0.5) is 13.2 Å². The van der Waals surface area contributed by atoms with Crippen molar-refractivity contribution in [2.45, 2.75) is 31.0 Å². The number of hydrogen-bond acceptors (Lipinski definition) is 6. The Kier molecular flexibility index (Phi) is 7.89. The van der Waals surface area contributed by atoms with Crippen LogP contribution in [-0.2, 0) is 11.0 Å². The summed E-state index contributed by atoms with van der Waals surface area (Å²) in [6.07, 6.45) is -4.55. The number of aryl methyl sites for hydroxylation is 1. The lowest BCUT2D eigenvalue weighted by Gasteiger charge is -2.20. The Hall–Kier alpha value is -2.77. The molecule has 1 rings (SSSR count). The minimum atomic E-state index is -4.70. The highest BCUT2D eigenvalue weighted by Gasteiger charge is 2.35. The number of alkyl halides is 3. The molecule has 0 N–H and O–H groups in total. The molecule has 0 aromatic carbocycles. The van der Waals surface area contributed by atoms with E-state index in [0.717, 1.165) is 17.8 Å². The van der Waals surface area contributed by atoms with Crippen LogP contribution < -0.4 is 0 Å². The summed E-state index contributed by atoms with van der Waals surface area (Å²) in [7, 11) is 0. The first-order chi connectivity index (χ1) is 12.2. The highest BCUT2D eigenvalue weighted by Crippen LogP contribution is 2.35. The summed E-state index contributed by atoms with van der Waals surface area (Å²) in [6, 6.07) is 6.07. The van der Waals surface area contributed by atoms with Crippen molar-refractivity contribution >= 4 is 17.7 Å². The third-order valence-corrected chi connectivity index (χ3v) is 4.16. The molecular weight excluding hydrogens is 367 g/mol. The molecule has 136 valence electrons. The van der Waals surface area contributed by atoms with Crippen LogP contribution in [0.2, 0.25) is 0 Å². The van der Waals surface area contributed by atoms with Gasteiger partial charge in [0.25, 0.3) is 0 Å². The minimum Gasteiger partial charge on any atom is -0.340 e. The quantitative estimate of drug-likeness (QED) is 0.672. The second-order valence-corrected chi connectivity index (χ2v) is 6.05. The number of nitriles is 3. The average Bonchev–Trinajstić information content (AvgIpc) is 2.58. The zero-order valence-corrected chi connectivity index (χ0v) is 14.6. The van der Waals surface area contributed by atoms with Gasteiger partial charge in [-0.1, -0.05) is 11.8 Å². The molecule has 0 aliphatic heterocycles. The van der Waals surface area contributed by atoms with E-state index in [4.69, 9.17) is 15.8 Å². The normalized spacial score (nSPS) is 10.5. The lowest BCUT2D eigenvalue weighted by molar-refractivity contribution is -0.138. The van der Waals surface area contributed by atoms with E-state index in [1.165, 1.54) is 17.9 Å². The van der Waals surface area contributed by atoms with Crippen LogP contribution in [0.5, 0.6) is 0 Å². The maximum Gasteiger partial charge on any atom is 0.417 e. The van der Waals surface area contributed by atoms with Gasteiger partial charge in [0.05, 0.1) is 41.9 Å². The van der Waals surface area contributed by atoms with Crippen molar-refractivity contribution in [2.75, 3.05) is 18.8 Å². The minimum absolute atomic E-state index is 0.0756. The Morgan fingerprint density at radius 3 is 2.27 bits per heavy atom. The number of thioether (sulfide) groups is 1. The Balaban J connectivity index is 3.00. The van der Waals surface area contributed by atoms with E-state index in [0.29, 0.717) is 0 Å². The molecule has 1 heterocycles. The van der Waals surface area contributed by atoms with Crippen LogP contribution in [0.1, 0.15) is 29.7 Å². The maximum atomic E-state index is 13.1. The Morgan fingerprint density at radius 2 is 1.81 bits per heavy atom. The highest BCUT2D eigenvalue weighted by atomic mass is 32.2. The molecule has 0 fully saturated rings. The predicted molar refractivity (Wildman–Crippen MR) is 86.5 cm³/mol. The standard InChI is InChI=1S/C16H14F3N5OS/c1-11-8-13(16(17,18)19)12(9-22)15(23-11)26-10-14(25)24(6-2-4-20)7-3-5-21/h8H,2-3,6-7,10H2,1H3. The van der Waals surface area contributed by atoms with E-state index in [1.807, 2.05) is 12.1 Å². The number of nitrogens with zero attached hydrogens (tertiary/aromatic N) is 5. The number of carbonyl (C=O) groups excluding carboxylic acids is 1. The number of pyridine rings is 1. The van der Waals surface area contributed by atoms with Gasteiger partial charge >= 0.3 is 6.18 Å². The van der Waals surface area contributed by atoms with Gasteiger partial charge in [-0.3, -0.25) is 4.79 Å². The van der Waals surface area contributed by atoms with Gasteiger partial charge < -0.3 is 4.90 Å². The molecular formula is C16H14F3N5OS. The van der Waals surface area contributed by atoms with E-state index in [2.05, 4.69) is 4.98 Å². The third-order valence-electron chi connectivity index (χ3n) is 3.20. The molecule has 0 aliphatic rings. The molecule has 0 atom stereocenters. The van der Waals surface area contributed by atoms with E-state index < -0.39 is 23.2 Å². The number of rotatable bonds is 7. The molecule has 1 amide bonds. The first-order valence-corrected chi connectivity index (χ1v) is 8.36. The van der Waals surface area contributed by atoms with Crippen molar-refractivity contribution in [3.05, 3.63) is 22.9 Å². The summed E-state index contributed by atoms with van der Waals surface area (Å²) in [5, 5.41) is 26.2. The zero-order chi connectivity index (χ0) is 19.7. The van der Waals surface area contributed by atoms with Crippen LogP contribution >= 0.6 is 11.8 Å². The SMILES string of the molecule is Cc1cc(C(F)(F)F)c(C#N)c(SCC(=O)N(CCC#N)CCC#N)n1. The van der Waals surface area contributed by atoms with Gasteiger partial charge in [-0.15, -0.1) is 0 Å². The van der Waals surface area contributed by atoms with Crippen LogP contribution in [0, 0.1) is 40.9 Å². The smallest absolute Gasteiger partial charge is 0.340 e. The van der Waals surface area contributed by atoms with Gasteiger partial charge in [0.2, 0.25) is 5.91 Å². The summed E-state index contributed by atoms with van der Waals surface area (Å²) < 4.78 is 39.2. The molecule has 0 aliphatic carbocycles. The molecule has 0 bridgehead atoms. The lowest BCUT2D eigenvalue weighted by atomic mass is 10.1. The fourth-order valence-corrected chi connectivity index (χ4v) is 2.98. The molecule has 10 heteroatoms. The topological polar surface area (TPSA) is 105 Å². The van der Waals surface area contributed by atoms with E-state index in [9.17, 15) is 18.0 Å². The van der Waals surface area contributed by atoms with Gasteiger partial charge in [0, 0.05) is 18.8 Å². The second kappa shape index (κ2) is 9.65. The molecule has 0 unspecified atom stereocenters. The van der Waals surface area contributed by atoms with Crippen LogP contribution in [0.25, 0.3) is 0 Å². The van der Waals surface area contributed by atoms with E-state index >= 15 is 0 Å². The largest absolute Gasteiger partial charge is 0.417 e. The van der Waals surface area contributed by atoms with Crippen molar-refractivity contribution in [1.82, 2.24) is 9.88 Å². The fraction of sp³-hybridized carbons (Fsp3) is 0.438. The van der Waals surface area contributed by atoms with Gasteiger partial charge in [-0.25, -0.2) is 4.98 Å². The monoisotopic (exact) mass is 381 g/mol. The number of carbonyl (C=O) groups is 1. The maximum absolute atomic E-state index is 13.1. The van der Waals surface area contributed by atoms with Gasteiger partial charge in [0.15, 0.2) is 0 Å². The van der Waals surface area contributed by atoms with Crippen LogP contribution in [-0.4, -0.2) is 34.6 Å². The predicted octanol–water partition coefficient (Wildman–Crippen LogP) is 3.03. The van der Waals surface area contributed by atoms with Crippen molar-refractivity contribution in [2.24, 2.45) is 0 Å². The molecule has 0 saturated heterocycles. The summed E-state index contributed by atoms with van der Waals surface area (Å²) in [5.74, 6) is -0.694. The Bertz CT molecular complexity index is 771. The van der Waals surface area contributed by atoms with Gasteiger partial charge in [0.1, 0.15) is 11.1 Å². The van der Waals surface area contributed by atoms with Crippen molar-refractivity contribution in [3.63, 3.8) is 0 Å². The molecule has 0 saturated carbocycles. The first-order valence-electron chi connectivity index (χ1n) is 7.38. The molecule has 1 aromatic rings. The summed E-state index contributed by atoms with van der Waals surface area (Å²) in [4.78, 5) is 17.5. The average molecular weight is 381 g/mol. The molecule has 0 radical (unpaired) electrons. The van der Waals surface area contributed by atoms with Gasteiger partial charge in [-0.05, 0) is 13.0 Å². The number of aromatic nitrogens is 1. The van der Waals surface area contributed by atoms with Crippen molar-refractivity contribution in [1.29, 1.82) is 15.8 Å². The second-order valence-electron chi connectivity index (χ2n) is 5.09. The van der Waals surface area contributed by atoms with Crippen molar-refractivity contribution < 1.29 is 18.0 Å². The van der Waals surface area contributed by atoms with Gasteiger partial charge in [-0.2, -0.15) is 29.0 Å². The molecule has 26 heavy (non-hydrogen) atoms. The highest BCUT2D eigenvalue weighted by molar-refractivity contribution is 8.00. The fourth-order valence-electron chi connectivity index (χ4n) is 2.03. The lowest BCUT2D eigenvalue weighted by Crippen LogP contribution is -2.34. The van der Waals surface area contributed by atoms with E-state index in [1.54, 1.807) is 0 Å².